The van der Waals surface area contributed by atoms with Crippen LogP contribution in [0.2, 0.25) is 5.02 Å². The third-order valence-electron chi connectivity index (χ3n) is 6.03. The Hall–Kier alpha value is -3.64. The van der Waals surface area contributed by atoms with E-state index in [0.29, 0.717) is 23.7 Å². The van der Waals surface area contributed by atoms with Gasteiger partial charge in [0, 0.05) is 28.4 Å². The Bertz CT molecular complexity index is 1300. The fourth-order valence-electron chi connectivity index (χ4n) is 4.30. The van der Waals surface area contributed by atoms with E-state index in [2.05, 4.69) is 20.5 Å². The molecule has 1 aromatic heterocycles. The SMILES string of the molecule is Cc1nnn2c1-c1ccc(C(=O)NC(C)c3ccccc3)cc1N(c1ccc(Cl)cc1)CC2. The van der Waals surface area contributed by atoms with Gasteiger partial charge in [-0.1, -0.05) is 47.1 Å². The number of amides is 1. The zero-order valence-electron chi connectivity index (χ0n) is 18.5. The zero-order chi connectivity index (χ0) is 22.9. The van der Waals surface area contributed by atoms with E-state index >= 15 is 0 Å². The van der Waals surface area contributed by atoms with Crippen molar-refractivity contribution in [2.75, 3.05) is 11.4 Å². The van der Waals surface area contributed by atoms with Crippen LogP contribution in [0.3, 0.4) is 0 Å². The molecule has 1 unspecified atom stereocenters. The number of hydrogen-bond donors (Lipinski definition) is 1. The molecule has 1 N–H and O–H groups in total. The van der Waals surface area contributed by atoms with Crippen LogP contribution in [-0.4, -0.2) is 27.4 Å². The summed E-state index contributed by atoms with van der Waals surface area (Å²) in [5.74, 6) is -0.113. The molecule has 2 heterocycles. The van der Waals surface area contributed by atoms with Crippen LogP contribution >= 0.6 is 11.6 Å². The summed E-state index contributed by atoms with van der Waals surface area (Å²) in [5, 5.41) is 12.4. The van der Waals surface area contributed by atoms with Crippen molar-refractivity contribution in [3.05, 3.63) is 94.6 Å². The number of benzene rings is 3. The molecule has 3 aromatic carbocycles. The van der Waals surface area contributed by atoms with Crippen LogP contribution in [0.1, 0.15) is 34.6 Å². The monoisotopic (exact) mass is 457 g/mol. The number of carbonyl (C=O) groups excluding carboxylic acids is 1. The number of anilines is 2. The molecule has 0 spiro atoms. The largest absolute Gasteiger partial charge is 0.346 e. The fourth-order valence-corrected chi connectivity index (χ4v) is 4.42. The van der Waals surface area contributed by atoms with Gasteiger partial charge in [0.15, 0.2) is 0 Å². The summed E-state index contributed by atoms with van der Waals surface area (Å²) in [6.45, 7) is 5.32. The molecular formula is C26H24ClN5O. The molecule has 0 aliphatic carbocycles. The van der Waals surface area contributed by atoms with E-state index in [1.165, 1.54) is 0 Å². The molecule has 0 fully saturated rings. The molecule has 1 aliphatic heterocycles. The Morgan fingerprint density at radius 1 is 1.03 bits per heavy atom. The fraction of sp³-hybridized carbons (Fsp3) is 0.192. The number of carbonyl (C=O) groups is 1. The second-order valence-electron chi connectivity index (χ2n) is 8.21. The number of aromatic nitrogens is 3. The molecule has 7 heteroatoms. The smallest absolute Gasteiger partial charge is 0.251 e. The van der Waals surface area contributed by atoms with Crippen molar-refractivity contribution in [2.45, 2.75) is 26.4 Å². The Morgan fingerprint density at radius 2 is 1.79 bits per heavy atom. The highest BCUT2D eigenvalue weighted by Crippen LogP contribution is 2.39. The first kappa shape index (κ1) is 21.2. The number of rotatable bonds is 4. The van der Waals surface area contributed by atoms with E-state index in [9.17, 15) is 4.79 Å². The number of fused-ring (bicyclic) bond motifs is 3. The van der Waals surface area contributed by atoms with Gasteiger partial charge in [0.2, 0.25) is 0 Å². The molecule has 4 aromatic rings. The summed E-state index contributed by atoms with van der Waals surface area (Å²) in [4.78, 5) is 15.4. The van der Waals surface area contributed by atoms with Crippen LogP contribution in [0.25, 0.3) is 11.3 Å². The maximum absolute atomic E-state index is 13.2. The second-order valence-corrected chi connectivity index (χ2v) is 8.65. The molecule has 1 amide bonds. The minimum absolute atomic E-state index is 0.0993. The van der Waals surface area contributed by atoms with Gasteiger partial charge >= 0.3 is 0 Å². The maximum atomic E-state index is 13.2. The highest BCUT2D eigenvalue weighted by Gasteiger charge is 2.25. The van der Waals surface area contributed by atoms with Crippen LogP contribution in [0.5, 0.6) is 0 Å². The highest BCUT2D eigenvalue weighted by atomic mass is 35.5. The predicted molar refractivity (Wildman–Crippen MR) is 131 cm³/mol. The average Bonchev–Trinajstić information content (AvgIpc) is 3.11. The van der Waals surface area contributed by atoms with Crippen molar-refractivity contribution < 1.29 is 4.79 Å². The molecule has 0 saturated carbocycles. The van der Waals surface area contributed by atoms with Crippen LogP contribution in [0.15, 0.2) is 72.8 Å². The molecule has 0 saturated heterocycles. The third-order valence-corrected chi connectivity index (χ3v) is 6.28. The van der Waals surface area contributed by atoms with Crippen molar-refractivity contribution in [2.24, 2.45) is 0 Å². The van der Waals surface area contributed by atoms with Crippen LogP contribution in [0, 0.1) is 6.92 Å². The van der Waals surface area contributed by atoms with Gasteiger partial charge < -0.3 is 10.2 Å². The van der Waals surface area contributed by atoms with Crippen LogP contribution < -0.4 is 10.2 Å². The minimum atomic E-state index is -0.113. The lowest BCUT2D eigenvalue weighted by atomic mass is 10.0. The Labute approximate surface area is 197 Å². The summed E-state index contributed by atoms with van der Waals surface area (Å²) in [6, 6.07) is 23.4. The van der Waals surface area contributed by atoms with Crippen molar-refractivity contribution in [3.8, 4) is 11.3 Å². The van der Waals surface area contributed by atoms with Crippen LogP contribution in [0.4, 0.5) is 11.4 Å². The van der Waals surface area contributed by atoms with Crippen molar-refractivity contribution >= 4 is 28.9 Å². The van der Waals surface area contributed by atoms with Crippen molar-refractivity contribution in [3.63, 3.8) is 0 Å². The normalized spacial score (nSPS) is 13.6. The van der Waals surface area contributed by atoms with Gasteiger partial charge in [0.05, 0.1) is 29.7 Å². The number of aryl methyl sites for hydroxylation is 1. The topological polar surface area (TPSA) is 63.1 Å². The number of halogens is 1. The van der Waals surface area contributed by atoms with Gasteiger partial charge in [-0.3, -0.25) is 4.79 Å². The molecule has 0 bridgehead atoms. The van der Waals surface area contributed by atoms with E-state index in [0.717, 1.165) is 33.9 Å². The molecular weight excluding hydrogens is 434 g/mol. The lowest BCUT2D eigenvalue weighted by Gasteiger charge is -2.25. The zero-order valence-corrected chi connectivity index (χ0v) is 19.3. The van der Waals surface area contributed by atoms with E-state index in [1.807, 2.05) is 91.3 Å². The number of hydrogen-bond acceptors (Lipinski definition) is 4. The molecule has 1 atom stereocenters. The molecule has 33 heavy (non-hydrogen) atoms. The lowest BCUT2D eigenvalue weighted by Crippen LogP contribution is -2.27. The summed E-state index contributed by atoms with van der Waals surface area (Å²) in [6.07, 6.45) is 0. The van der Waals surface area contributed by atoms with E-state index < -0.39 is 0 Å². The standard InChI is InChI=1S/C26H24ClN5O/c1-17(19-6-4-3-5-7-19)28-26(33)20-8-13-23-24(16-20)31(22-11-9-21(27)10-12-22)14-15-32-25(23)18(2)29-30-32/h3-13,16-17H,14-15H2,1-2H3,(H,28,33). The average molecular weight is 458 g/mol. The first-order valence-electron chi connectivity index (χ1n) is 10.9. The van der Waals surface area contributed by atoms with Crippen molar-refractivity contribution in [1.82, 2.24) is 20.3 Å². The molecule has 166 valence electrons. The Kier molecular flexibility index (Phi) is 5.60. The molecule has 6 nitrogen and oxygen atoms in total. The Morgan fingerprint density at radius 3 is 2.55 bits per heavy atom. The van der Waals surface area contributed by atoms with Gasteiger partial charge in [0.25, 0.3) is 5.91 Å². The van der Waals surface area contributed by atoms with Crippen LogP contribution in [-0.2, 0) is 6.54 Å². The summed E-state index contributed by atoms with van der Waals surface area (Å²) in [5.41, 5.74) is 6.46. The van der Waals surface area contributed by atoms with Gasteiger partial charge in [0.1, 0.15) is 0 Å². The van der Waals surface area contributed by atoms with Crippen molar-refractivity contribution in [1.29, 1.82) is 0 Å². The van der Waals surface area contributed by atoms with Gasteiger partial charge in [-0.25, -0.2) is 4.68 Å². The first-order valence-corrected chi connectivity index (χ1v) is 11.3. The third kappa shape index (κ3) is 4.10. The molecule has 0 radical (unpaired) electrons. The van der Waals surface area contributed by atoms with Gasteiger partial charge in [-0.2, -0.15) is 0 Å². The summed E-state index contributed by atoms with van der Waals surface area (Å²) in [7, 11) is 0. The minimum Gasteiger partial charge on any atom is -0.346 e. The van der Waals surface area contributed by atoms with E-state index in [-0.39, 0.29) is 11.9 Å². The Balaban J connectivity index is 1.55. The van der Waals surface area contributed by atoms with E-state index in [4.69, 9.17) is 11.6 Å². The first-order chi connectivity index (χ1) is 16.0. The predicted octanol–water partition coefficient (Wildman–Crippen LogP) is 5.55. The number of nitrogens with zero attached hydrogens (tertiary/aromatic N) is 4. The number of nitrogens with one attached hydrogen (secondary N) is 1. The second kappa shape index (κ2) is 8.71. The van der Waals surface area contributed by atoms with Gasteiger partial charge in [-0.15, -0.1) is 5.10 Å². The quantitative estimate of drug-likeness (QED) is 0.436. The van der Waals surface area contributed by atoms with Gasteiger partial charge in [-0.05, 0) is 61.9 Å². The lowest BCUT2D eigenvalue weighted by molar-refractivity contribution is 0.0940. The van der Waals surface area contributed by atoms with E-state index in [1.54, 1.807) is 0 Å². The molecule has 5 rings (SSSR count). The summed E-state index contributed by atoms with van der Waals surface area (Å²) < 4.78 is 1.93. The highest BCUT2D eigenvalue weighted by molar-refractivity contribution is 6.30. The molecule has 1 aliphatic rings. The maximum Gasteiger partial charge on any atom is 0.251 e. The summed E-state index contributed by atoms with van der Waals surface area (Å²) >= 11 is 6.13.